The summed E-state index contributed by atoms with van der Waals surface area (Å²) in [5.41, 5.74) is 5.76. The zero-order valence-electron chi connectivity index (χ0n) is 17.6. The molecular formula is C25H34N2O. The van der Waals surface area contributed by atoms with E-state index in [1.54, 1.807) is 0 Å². The first-order valence-corrected chi connectivity index (χ1v) is 10.8. The Morgan fingerprint density at radius 1 is 0.964 bits per heavy atom. The molecule has 1 atom stereocenters. The Morgan fingerprint density at radius 2 is 1.64 bits per heavy atom. The number of carbonyl (C=O) groups excluding carboxylic acids is 1. The van der Waals surface area contributed by atoms with E-state index in [4.69, 9.17) is 0 Å². The van der Waals surface area contributed by atoms with E-state index in [1.165, 1.54) is 61.0 Å². The minimum absolute atomic E-state index is 0.00593. The van der Waals surface area contributed by atoms with Crippen molar-refractivity contribution < 1.29 is 4.79 Å². The first-order chi connectivity index (χ1) is 13.6. The van der Waals surface area contributed by atoms with Crippen molar-refractivity contribution in [2.24, 2.45) is 0 Å². The molecule has 0 spiro atoms. The molecule has 1 fully saturated rings. The molecule has 1 amide bonds. The molecule has 0 bridgehead atoms. The van der Waals surface area contributed by atoms with E-state index < -0.39 is 0 Å². The number of hydrogen-bond donors (Lipinski definition) is 1. The lowest BCUT2D eigenvalue weighted by molar-refractivity contribution is 0.0935. The summed E-state index contributed by atoms with van der Waals surface area (Å²) in [6.07, 6.45) is 6.19. The summed E-state index contributed by atoms with van der Waals surface area (Å²) in [6, 6.07) is 14.6. The van der Waals surface area contributed by atoms with Crippen LogP contribution in [0.1, 0.15) is 77.7 Å². The fraction of sp³-hybridized carbons (Fsp3) is 0.480. The molecule has 1 aliphatic rings. The van der Waals surface area contributed by atoms with Crippen LogP contribution in [0.5, 0.6) is 0 Å². The van der Waals surface area contributed by atoms with E-state index in [-0.39, 0.29) is 11.9 Å². The normalized spacial score (nSPS) is 16.4. The smallest absolute Gasteiger partial charge is 0.251 e. The quantitative estimate of drug-likeness (QED) is 0.713. The average molecular weight is 379 g/mol. The molecule has 28 heavy (non-hydrogen) atoms. The molecule has 1 saturated heterocycles. The van der Waals surface area contributed by atoms with Crippen LogP contribution in [-0.2, 0) is 6.54 Å². The highest BCUT2D eigenvalue weighted by Crippen LogP contribution is 2.21. The minimum Gasteiger partial charge on any atom is -0.345 e. The first-order valence-electron chi connectivity index (χ1n) is 10.8. The van der Waals surface area contributed by atoms with Crippen molar-refractivity contribution >= 4 is 5.91 Å². The lowest BCUT2D eigenvalue weighted by atomic mass is 9.99. The molecule has 3 nitrogen and oxygen atoms in total. The van der Waals surface area contributed by atoms with Gasteiger partial charge in [-0.1, -0.05) is 50.1 Å². The predicted octanol–water partition coefficient (Wildman–Crippen LogP) is 5.56. The number of nitrogens with zero attached hydrogens (tertiary/aromatic N) is 1. The highest BCUT2D eigenvalue weighted by Gasteiger charge is 2.15. The van der Waals surface area contributed by atoms with Crippen molar-refractivity contribution in [2.75, 3.05) is 13.1 Å². The molecule has 0 saturated carbocycles. The van der Waals surface area contributed by atoms with Crippen LogP contribution in [0.3, 0.4) is 0 Å². The molecule has 3 rings (SSSR count). The number of nitrogens with one attached hydrogen (secondary N) is 1. The van der Waals surface area contributed by atoms with Crippen LogP contribution in [0.25, 0.3) is 0 Å². The van der Waals surface area contributed by atoms with Gasteiger partial charge in [0, 0.05) is 12.1 Å². The first kappa shape index (κ1) is 20.6. The van der Waals surface area contributed by atoms with Gasteiger partial charge < -0.3 is 5.32 Å². The lowest BCUT2D eigenvalue weighted by Crippen LogP contribution is -2.28. The molecule has 150 valence electrons. The zero-order chi connectivity index (χ0) is 19.9. The number of hydrogen-bond acceptors (Lipinski definition) is 2. The van der Waals surface area contributed by atoms with Crippen molar-refractivity contribution in [3.63, 3.8) is 0 Å². The minimum atomic E-state index is 0.00593. The number of amides is 1. The fourth-order valence-corrected chi connectivity index (χ4v) is 3.96. The standard InChI is InChI=1S/C25H34N2O/c1-4-24(23-12-9-19(2)20(3)17-23)26-25(28)22-13-10-21(11-14-22)18-27-15-7-5-6-8-16-27/h9-14,17,24H,4-8,15-16,18H2,1-3H3,(H,26,28)/t24-/m0/s1. The van der Waals surface area contributed by atoms with E-state index in [0.29, 0.717) is 0 Å². The van der Waals surface area contributed by atoms with Gasteiger partial charge in [-0.15, -0.1) is 0 Å². The van der Waals surface area contributed by atoms with Crippen LogP contribution in [-0.4, -0.2) is 23.9 Å². The van der Waals surface area contributed by atoms with Gasteiger partial charge in [-0.25, -0.2) is 0 Å². The van der Waals surface area contributed by atoms with Crippen LogP contribution >= 0.6 is 0 Å². The summed E-state index contributed by atoms with van der Waals surface area (Å²) in [6.45, 7) is 9.72. The van der Waals surface area contributed by atoms with E-state index >= 15 is 0 Å². The average Bonchev–Trinajstić information content (AvgIpc) is 2.97. The van der Waals surface area contributed by atoms with Crippen molar-refractivity contribution in [2.45, 2.75) is 65.5 Å². The van der Waals surface area contributed by atoms with Gasteiger partial charge in [0.2, 0.25) is 0 Å². The third-order valence-electron chi connectivity index (χ3n) is 5.97. The van der Waals surface area contributed by atoms with Gasteiger partial charge in [0.05, 0.1) is 6.04 Å². The maximum atomic E-state index is 12.8. The fourth-order valence-electron chi connectivity index (χ4n) is 3.96. The predicted molar refractivity (Wildman–Crippen MR) is 117 cm³/mol. The Morgan fingerprint density at radius 3 is 2.25 bits per heavy atom. The van der Waals surface area contributed by atoms with Crippen molar-refractivity contribution in [3.05, 3.63) is 70.3 Å². The molecule has 0 aromatic heterocycles. The third-order valence-corrected chi connectivity index (χ3v) is 5.97. The van der Waals surface area contributed by atoms with Gasteiger partial charge in [-0.05, 0) is 80.6 Å². The second-order valence-electron chi connectivity index (χ2n) is 8.17. The van der Waals surface area contributed by atoms with E-state index in [9.17, 15) is 4.79 Å². The zero-order valence-corrected chi connectivity index (χ0v) is 17.6. The monoisotopic (exact) mass is 378 g/mol. The summed E-state index contributed by atoms with van der Waals surface area (Å²) in [4.78, 5) is 15.3. The van der Waals surface area contributed by atoms with Crippen LogP contribution in [0.15, 0.2) is 42.5 Å². The Labute approximate surface area is 170 Å². The topological polar surface area (TPSA) is 32.3 Å². The molecular weight excluding hydrogens is 344 g/mol. The molecule has 3 heteroatoms. The highest BCUT2D eigenvalue weighted by molar-refractivity contribution is 5.94. The Kier molecular flexibility index (Phi) is 7.27. The molecule has 0 unspecified atom stereocenters. The Balaban J connectivity index is 1.62. The molecule has 1 N–H and O–H groups in total. The van der Waals surface area contributed by atoms with Gasteiger partial charge >= 0.3 is 0 Å². The molecule has 2 aromatic carbocycles. The molecule has 1 heterocycles. The number of aryl methyl sites for hydroxylation is 2. The van der Waals surface area contributed by atoms with Gasteiger partial charge in [0.1, 0.15) is 0 Å². The summed E-state index contributed by atoms with van der Waals surface area (Å²) >= 11 is 0. The lowest BCUT2D eigenvalue weighted by Gasteiger charge is -2.20. The van der Waals surface area contributed by atoms with Crippen LogP contribution in [0.4, 0.5) is 0 Å². The van der Waals surface area contributed by atoms with E-state index in [0.717, 1.165) is 18.5 Å². The summed E-state index contributed by atoms with van der Waals surface area (Å²) in [5.74, 6) is 0.00593. The van der Waals surface area contributed by atoms with Gasteiger partial charge in [-0.2, -0.15) is 0 Å². The summed E-state index contributed by atoms with van der Waals surface area (Å²) < 4.78 is 0. The second-order valence-corrected chi connectivity index (χ2v) is 8.17. The molecule has 1 aliphatic heterocycles. The number of benzene rings is 2. The Bertz CT molecular complexity index is 774. The largest absolute Gasteiger partial charge is 0.345 e. The third kappa shape index (κ3) is 5.45. The Hall–Kier alpha value is -2.13. The van der Waals surface area contributed by atoms with Crippen molar-refractivity contribution in [1.29, 1.82) is 0 Å². The van der Waals surface area contributed by atoms with Gasteiger partial charge in [-0.3, -0.25) is 9.69 Å². The van der Waals surface area contributed by atoms with Crippen LogP contribution in [0, 0.1) is 13.8 Å². The molecule has 0 radical (unpaired) electrons. The highest BCUT2D eigenvalue weighted by atomic mass is 16.1. The second kappa shape index (κ2) is 9.88. The maximum absolute atomic E-state index is 12.8. The molecule has 0 aliphatic carbocycles. The number of carbonyl (C=O) groups is 1. The maximum Gasteiger partial charge on any atom is 0.251 e. The number of rotatable bonds is 6. The van der Waals surface area contributed by atoms with Crippen LogP contribution in [0.2, 0.25) is 0 Å². The summed E-state index contributed by atoms with van der Waals surface area (Å²) in [7, 11) is 0. The summed E-state index contributed by atoms with van der Waals surface area (Å²) in [5, 5.41) is 3.21. The SMILES string of the molecule is CC[C@H](NC(=O)c1ccc(CN2CCCCCC2)cc1)c1ccc(C)c(C)c1. The van der Waals surface area contributed by atoms with E-state index in [1.807, 2.05) is 12.1 Å². The van der Waals surface area contributed by atoms with Gasteiger partial charge in [0.15, 0.2) is 0 Å². The van der Waals surface area contributed by atoms with Gasteiger partial charge in [0.25, 0.3) is 5.91 Å². The van der Waals surface area contributed by atoms with E-state index in [2.05, 4.69) is 61.3 Å². The molecule has 2 aromatic rings. The number of likely N-dealkylation sites (tertiary alicyclic amines) is 1. The van der Waals surface area contributed by atoms with Crippen molar-refractivity contribution in [1.82, 2.24) is 10.2 Å². The van der Waals surface area contributed by atoms with Crippen LogP contribution < -0.4 is 5.32 Å². The van der Waals surface area contributed by atoms with Crippen molar-refractivity contribution in [3.8, 4) is 0 Å².